The summed E-state index contributed by atoms with van der Waals surface area (Å²) in [5.74, 6) is 2.11. The fraction of sp³-hybridized carbons (Fsp3) is 0.611. The Hall–Kier alpha value is -1.59. The van der Waals surface area contributed by atoms with Crippen LogP contribution in [0.1, 0.15) is 18.4 Å². The zero-order valence-electron chi connectivity index (χ0n) is 13.7. The molecular weight excluding hydrogens is 292 g/mol. The van der Waals surface area contributed by atoms with Crippen LogP contribution in [0.15, 0.2) is 24.3 Å². The summed E-state index contributed by atoms with van der Waals surface area (Å²) in [5, 5.41) is 12.7. The fourth-order valence-corrected chi connectivity index (χ4v) is 3.89. The summed E-state index contributed by atoms with van der Waals surface area (Å²) < 4.78 is 5.13. The number of rotatable bonds is 6. The second-order valence-corrected chi connectivity index (χ2v) is 6.79. The molecule has 1 saturated heterocycles. The van der Waals surface area contributed by atoms with E-state index < -0.39 is 0 Å². The summed E-state index contributed by atoms with van der Waals surface area (Å²) in [5.41, 5.74) is 1.19. The highest BCUT2D eigenvalue weighted by molar-refractivity contribution is 5.78. The van der Waals surface area contributed by atoms with Gasteiger partial charge in [0, 0.05) is 19.6 Å². The Kier molecular flexibility index (Phi) is 5.18. The summed E-state index contributed by atoms with van der Waals surface area (Å²) in [4.78, 5) is 14.3. The van der Waals surface area contributed by atoms with Crippen LogP contribution in [0.5, 0.6) is 5.75 Å². The van der Waals surface area contributed by atoms with E-state index in [2.05, 4.69) is 10.2 Å². The standard InChI is InChI=1S/C18H26N2O3/c1-23-17-4-2-13(3-5-17)6-7-19-18(22)12-20-10-14-8-16(21)9-15(14)11-20/h2-5,14-16,21H,6-12H2,1H3,(H,19,22)/t14-,15+,16?. The third-order valence-electron chi connectivity index (χ3n) is 5.06. The first kappa shape index (κ1) is 16.3. The van der Waals surface area contributed by atoms with Crippen LogP contribution in [0.25, 0.3) is 0 Å². The van der Waals surface area contributed by atoms with Crippen LogP contribution in [0, 0.1) is 11.8 Å². The van der Waals surface area contributed by atoms with E-state index in [0.29, 0.717) is 24.9 Å². The zero-order chi connectivity index (χ0) is 16.2. The van der Waals surface area contributed by atoms with E-state index in [1.807, 2.05) is 24.3 Å². The molecule has 0 radical (unpaired) electrons. The van der Waals surface area contributed by atoms with Crippen molar-refractivity contribution in [2.24, 2.45) is 11.8 Å². The second-order valence-electron chi connectivity index (χ2n) is 6.79. The molecule has 5 nitrogen and oxygen atoms in total. The second kappa shape index (κ2) is 7.32. The van der Waals surface area contributed by atoms with Gasteiger partial charge in [0.25, 0.3) is 0 Å². The van der Waals surface area contributed by atoms with Gasteiger partial charge >= 0.3 is 0 Å². The summed E-state index contributed by atoms with van der Waals surface area (Å²) in [6, 6.07) is 7.93. The number of amides is 1. The van der Waals surface area contributed by atoms with E-state index in [4.69, 9.17) is 4.74 Å². The lowest BCUT2D eigenvalue weighted by Crippen LogP contribution is -2.37. The largest absolute Gasteiger partial charge is 0.497 e. The topological polar surface area (TPSA) is 61.8 Å². The number of nitrogens with zero attached hydrogens (tertiary/aromatic N) is 1. The molecule has 1 aliphatic heterocycles. The van der Waals surface area contributed by atoms with Gasteiger partial charge in [-0.1, -0.05) is 12.1 Å². The minimum atomic E-state index is -0.120. The minimum absolute atomic E-state index is 0.0963. The van der Waals surface area contributed by atoms with Gasteiger partial charge in [0.05, 0.1) is 19.8 Å². The number of aliphatic hydroxyl groups excluding tert-OH is 1. The maximum Gasteiger partial charge on any atom is 0.234 e. The summed E-state index contributed by atoms with van der Waals surface area (Å²) in [7, 11) is 1.66. The van der Waals surface area contributed by atoms with Crippen molar-refractivity contribution in [3.63, 3.8) is 0 Å². The Morgan fingerprint density at radius 3 is 2.52 bits per heavy atom. The van der Waals surface area contributed by atoms with Crippen molar-refractivity contribution >= 4 is 5.91 Å². The number of carbonyl (C=O) groups excluding carboxylic acids is 1. The lowest BCUT2D eigenvalue weighted by atomic mass is 10.0. The number of nitrogens with one attached hydrogen (secondary N) is 1. The first-order valence-corrected chi connectivity index (χ1v) is 8.44. The molecule has 1 saturated carbocycles. The number of likely N-dealkylation sites (tertiary alicyclic amines) is 1. The van der Waals surface area contributed by atoms with E-state index in [1.165, 1.54) is 5.56 Å². The number of methoxy groups -OCH3 is 1. The number of hydrogen-bond donors (Lipinski definition) is 2. The van der Waals surface area contributed by atoms with Crippen LogP contribution in [-0.4, -0.2) is 55.3 Å². The lowest BCUT2D eigenvalue weighted by Gasteiger charge is -2.17. The first-order chi connectivity index (χ1) is 11.1. The van der Waals surface area contributed by atoms with Gasteiger partial charge in [0.15, 0.2) is 0 Å². The number of benzene rings is 1. The normalized spacial score (nSPS) is 27.0. The van der Waals surface area contributed by atoms with Crippen LogP contribution >= 0.6 is 0 Å². The Bertz CT molecular complexity index is 518. The third kappa shape index (κ3) is 4.24. The predicted molar refractivity (Wildman–Crippen MR) is 88.4 cm³/mol. The summed E-state index contributed by atoms with van der Waals surface area (Å²) in [6.45, 7) is 3.04. The van der Waals surface area contributed by atoms with Crippen molar-refractivity contribution in [1.29, 1.82) is 0 Å². The highest BCUT2D eigenvalue weighted by Crippen LogP contribution is 2.37. The Morgan fingerprint density at radius 1 is 1.26 bits per heavy atom. The molecule has 126 valence electrons. The molecule has 2 N–H and O–H groups in total. The molecule has 1 unspecified atom stereocenters. The van der Waals surface area contributed by atoms with Gasteiger partial charge in [-0.25, -0.2) is 0 Å². The van der Waals surface area contributed by atoms with Gasteiger partial charge < -0.3 is 15.2 Å². The Labute approximate surface area is 137 Å². The van der Waals surface area contributed by atoms with Gasteiger partial charge in [0.2, 0.25) is 5.91 Å². The molecule has 1 aromatic rings. The first-order valence-electron chi connectivity index (χ1n) is 8.44. The molecule has 2 aliphatic rings. The van der Waals surface area contributed by atoms with Gasteiger partial charge in [-0.3, -0.25) is 9.69 Å². The molecule has 3 rings (SSSR count). The number of aliphatic hydroxyl groups is 1. The molecule has 0 spiro atoms. The van der Waals surface area contributed by atoms with Gasteiger partial charge in [-0.05, 0) is 48.8 Å². The Balaban J connectivity index is 1.35. The molecule has 0 bridgehead atoms. The predicted octanol–water partition coefficient (Wildman–Crippen LogP) is 1.06. The van der Waals surface area contributed by atoms with Gasteiger partial charge in [0.1, 0.15) is 5.75 Å². The SMILES string of the molecule is COc1ccc(CCNC(=O)CN2C[C@H]3CC(O)C[C@H]3C2)cc1. The zero-order valence-corrected chi connectivity index (χ0v) is 13.7. The molecule has 3 atom stereocenters. The van der Waals surface area contributed by atoms with Crippen LogP contribution in [0.3, 0.4) is 0 Å². The Morgan fingerprint density at radius 2 is 1.91 bits per heavy atom. The van der Waals surface area contributed by atoms with Crippen molar-refractivity contribution in [2.45, 2.75) is 25.4 Å². The highest BCUT2D eigenvalue weighted by atomic mass is 16.5. The summed E-state index contributed by atoms with van der Waals surface area (Å²) in [6.07, 6.45) is 2.51. The number of carbonyl (C=O) groups is 1. The van der Waals surface area contributed by atoms with Gasteiger partial charge in [-0.15, -0.1) is 0 Å². The number of ether oxygens (including phenoxy) is 1. The molecule has 1 amide bonds. The van der Waals surface area contributed by atoms with E-state index in [-0.39, 0.29) is 12.0 Å². The molecule has 5 heteroatoms. The smallest absolute Gasteiger partial charge is 0.234 e. The average molecular weight is 318 g/mol. The van der Waals surface area contributed by atoms with Crippen LogP contribution in [0.4, 0.5) is 0 Å². The van der Waals surface area contributed by atoms with Crippen LogP contribution < -0.4 is 10.1 Å². The minimum Gasteiger partial charge on any atom is -0.497 e. The third-order valence-corrected chi connectivity index (χ3v) is 5.06. The van der Waals surface area contributed by atoms with Crippen molar-refractivity contribution in [2.75, 3.05) is 33.3 Å². The molecule has 2 fully saturated rings. The molecule has 1 aromatic carbocycles. The van der Waals surface area contributed by atoms with Crippen LogP contribution in [0.2, 0.25) is 0 Å². The van der Waals surface area contributed by atoms with Crippen molar-refractivity contribution in [3.8, 4) is 5.75 Å². The lowest BCUT2D eigenvalue weighted by molar-refractivity contribution is -0.122. The van der Waals surface area contributed by atoms with E-state index in [1.54, 1.807) is 7.11 Å². The van der Waals surface area contributed by atoms with Crippen molar-refractivity contribution in [3.05, 3.63) is 29.8 Å². The number of hydrogen-bond acceptors (Lipinski definition) is 4. The number of fused-ring (bicyclic) bond motifs is 1. The molecular formula is C18H26N2O3. The highest BCUT2D eigenvalue weighted by Gasteiger charge is 2.40. The van der Waals surface area contributed by atoms with Crippen molar-refractivity contribution < 1.29 is 14.6 Å². The van der Waals surface area contributed by atoms with Crippen LogP contribution in [-0.2, 0) is 11.2 Å². The van der Waals surface area contributed by atoms with E-state index in [0.717, 1.165) is 38.1 Å². The molecule has 23 heavy (non-hydrogen) atoms. The quantitative estimate of drug-likeness (QED) is 0.823. The monoisotopic (exact) mass is 318 g/mol. The fourth-order valence-electron chi connectivity index (χ4n) is 3.89. The average Bonchev–Trinajstić information content (AvgIpc) is 3.04. The summed E-state index contributed by atoms with van der Waals surface area (Å²) >= 11 is 0. The van der Waals surface area contributed by atoms with Gasteiger partial charge in [-0.2, -0.15) is 0 Å². The van der Waals surface area contributed by atoms with Crippen molar-refractivity contribution in [1.82, 2.24) is 10.2 Å². The van der Waals surface area contributed by atoms with E-state index in [9.17, 15) is 9.90 Å². The maximum absolute atomic E-state index is 12.1. The van der Waals surface area contributed by atoms with E-state index >= 15 is 0 Å². The molecule has 1 heterocycles. The molecule has 1 aliphatic carbocycles. The maximum atomic E-state index is 12.1. The molecule has 0 aromatic heterocycles.